The van der Waals surface area contributed by atoms with Crippen LogP contribution in [-0.2, 0) is 27.0 Å². The summed E-state index contributed by atoms with van der Waals surface area (Å²) in [4.78, 5) is 31.5. The van der Waals surface area contributed by atoms with E-state index >= 15 is 0 Å². The summed E-state index contributed by atoms with van der Waals surface area (Å²) in [6.45, 7) is 1.19. The number of nitrogens with one attached hydrogen (secondary N) is 1. The van der Waals surface area contributed by atoms with Gasteiger partial charge in [-0.05, 0) is 6.92 Å². The molecule has 0 aliphatic carbocycles. The minimum atomic E-state index is -0.583. The number of nitrogens with zero attached hydrogens (tertiary/aromatic N) is 1. The van der Waals surface area contributed by atoms with E-state index in [2.05, 4.69) is 12.6 Å². The Morgan fingerprint density at radius 1 is 1.57 bits per heavy atom. The van der Waals surface area contributed by atoms with Gasteiger partial charge in [0.25, 0.3) is 0 Å². The maximum atomic E-state index is 10.7. The van der Waals surface area contributed by atoms with Gasteiger partial charge in [0, 0.05) is 19.4 Å². The van der Waals surface area contributed by atoms with E-state index in [1.54, 1.807) is 0 Å². The fraction of sp³-hybridized carbons (Fsp3) is 0.571. The molecule has 0 spiro atoms. The number of hydrogen-bond acceptors (Lipinski definition) is 4. The van der Waals surface area contributed by atoms with Crippen molar-refractivity contribution in [3.8, 4) is 0 Å². The topological polar surface area (TPSA) is 78.2 Å². The third-order valence-corrected chi connectivity index (χ3v) is 1.71. The van der Waals surface area contributed by atoms with Gasteiger partial charge in [0.15, 0.2) is 0 Å². The average molecular weight is 241 g/mol. The second kappa shape index (κ2) is 7.83. The zero-order chi connectivity index (χ0) is 10.6. The molecule has 1 heterocycles. The molecule has 0 aromatic heterocycles. The van der Waals surface area contributed by atoms with Crippen molar-refractivity contribution in [1.82, 2.24) is 4.90 Å². The Kier molecular flexibility index (Phi) is 9.51. The summed E-state index contributed by atoms with van der Waals surface area (Å²) in [6, 6.07) is 0. The molecule has 0 saturated carbocycles. The predicted octanol–water partition coefficient (Wildman–Crippen LogP) is -3.12. The Bertz CT molecular complexity index is 243. The van der Waals surface area contributed by atoms with Gasteiger partial charge in [0.1, 0.15) is 0 Å². The Balaban J connectivity index is 0. The van der Waals surface area contributed by atoms with E-state index in [-0.39, 0.29) is 69.6 Å². The molecule has 1 unspecified atom stereocenters. The molecular formula is C7H10KN2O3S-. The van der Waals surface area contributed by atoms with E-state index < -0.39 is 11.2 Å². The molecule has 0 radical (unpaired) electrons. The first-order valence-electron chi connectivity index (χ1n) is 3.54. The molecule has 1 rings (SSSR count). The fourth-order valence-corrected chi connectivity index (χ4v) is 1.02. The van der Waals surface area contributed by atoms with Gasteiger partial charge < -0.3 is 23.2 Å². The first kappa shape index (κ1) is 17.0. The molecule has 0 aromatic carbocycles. The third kappa shape index (κ3) is 6.15. The summed E-state index contributed by atoms with van der Waals surface area (Å²) in [5.41, 5.74) is 5.94. The van der Waals surface area contributed by atoms with E-state index in [0.29, 0.717) is 0 Å². The molecular weight excluding hydrogens is 231 g/mol. The van der Waals surface area contributed by atoms with Gasteiger partial charge in [-0.1, -0.05) is 5.25 Å². The van der Waals surface area contributed by atoms with Crippen molar-refractivity contribution >= 4 is 30.4 Å². The van der Waals surface area contributed by atoms with Crippen LogP contribution >= 0.6 is 0 Å². The molecule has 1 aliphatic rings. The van der Waals surface area contributed by atoms with Crippen molar-refractivity contribution in [1.29, 1.82) is 0 Å². The van der Waals surface area contributed by atoms with Gasteiger partial charge in [-0.2, -0.15) is 0 Å². The van der Waals surface area contributed by atoms with E-state index in [0.717, 1.165) is 4.90 Å². The summed E-state index contributed by atoms with van der Waals surface area (Å²) < 4.78 is 0. The Morgan fingerprint density at radius 3 is 2.00 bits per heavy atom. The summed E-state index contributed by atoms with van der Waals surface area (Å²) in [6.07, 6.45) is 0.199. The Morgan fingerprint density at radius 2 is 1.93 bits per heavy atom. The Hall–Kier alpha value is 0.596. The number of imide groups is 1. The first-order chi connectivity index (χ1) is 5.86. The van der Waals surface area contributed by atoms with Crippen LogP contribution in [0.15, 0.2) is 0 Å². The minimum Gasteiger partial charge on any atom is -0.779 e. The monoisotopic (exact) mass is 241 g/mol. The number of amides is 3. The van der Waals surface area contributed by atoms with Gasteiger partial charge >= 0.3 is 51.4 Å². The van der Waals surface area contributed by atoms with Crippen LogP contribution in [-0.4, -0.2) is 34.9 Å². The standard InChI is InChI=1S/C5H7NO2S.C2H5NO.K/c1-6-4(7)2-3(9)5(6)8;1-2(3)4;/h3,9H,2H2,1H3;1H3,(H2,3,4);/q;;+1/p-2. The van der Waals surface area contributed by atoms with Crippen LogP contribution in [0.1, 0.15) is 13.3 Å². The SMILES string of the molecule is CC([NH-])=O.CN1C(=O)CC([S-])C1=O.[K+]. The molecule has 1 aliphatic heterocycles. The van der Waals surface area contributed by atoms with E-state index in [4.69, 9.17) is 10.5 Å². The molecule has 1 atom stereocenters. The van der Waals surface area contributed by atoms with Crippen LogP contribution in [0.2, 0.25) is 0 Å². The molecule has 0 bridgehead atoms. The van der Waals surface area contributed by atoms with Crippen molar-refractivity contribution in [2.24, 2.45) is 0 Å². The van der Waals surface area contributed by atoms with Crippen LogP contribution < -0.4 is 51.4 Å². The average Bonchev–Trinajstić information content (AvgIpc) is 2.17. The van der Waals surface area contributed by atoms with Crippen molar-refractivity contribution in [2.75, 3.05) is 7.05 Å². The Labute approximate surface area is 131 Å². The van der Waals surface area contributed by atoms with Crippen LogP contribution in [0.4, 0.5) is 0 Å². The molecule has 14 heavy (non-hydrogen) atoms. The van der Waals surface area contributed by atoms with Gasteiger partial charge in [-0.3, -0.25) is 14.5 Å². The van der Waals surface area contributed by atoms with Gasteiger partial charge in [-0.15, -0.1) is 0 Å². The zero-order valence-corrected chi connectivity index (χ0v) is 12.3. The van der Waals surface area contributed by atoms with Crippen molar-refractivity contribution < 1.29 is 65.8 Å². The van der Waals surface area contributed by atoms with Gasteiger partial charge in [-0.25, -0.2) is 0 Å². The molecule has 74 valence electrons. The van der Waals surface area contributed by atoms with Crippen LogP contribution in [0.25, 0.3) is 5.73 Å². The van der Waals surface area contributed by atoms with E-state index in [1.165, 1.54) is 14.0 Å². The molecule has 1 saturated heterocycles. The number of carbonyl (C=O) groups excluding carboxylic acids is 3. The second-order valence-electron chi connectivity index (χ2n) is 2.54. The maximum absolute atomic E-state index is 10.7. The minimum absolute atomic E-state index is 0. The van der Waals surface area contributed by atoms with E-state index in [1.807, 2.05) is 0 Å². The summed E-state index contributed by atoms with van der Waals surface area (Å²) in [5, 5.41) is -0.512. The predicted molar refractivity (Wildman–Crippen MR) is 48.5 cm³/mol. The summed E-state index contributed by atoms with van der Waals surface area (Å²) in [5.74, 6) is -0.991. The smallest absolute Gasteiger partial charge is 0.779 e. The fourth-order valence-electron chi connectivity index (χ4n) is 0.722. The first-order valence-corrected chi connectivity index (χ1v) is 4.01. The van der Waals surface area contributed by atoms with Crippen molar-refractivity contribution in [3.05, 3.63) is 5.73 Å². The largest absolute Gasteiger partial charge is 1.00 e. The van der Waals surface area contributed by atoms with Crippen LogP contribution in [0.3, 0.4) is 0 Å². The number of rotatable bonds is 0. The molecule has 0 aromatic rings. The number of likely N-dealkylation sites (tertiary alicyclic amines) is 1. The maximum Gasteiger partial charge on any atom is 1.00 e. The van der Waals surface area contributed by atoms with Crippen LogP contribution in [0, 0.1) is 0 Å². The second-order valence-corrected chi connectivity index (χ2v) is 3.11. The summed E-state index contributed by atoms with van der Waals surface area (Å²) in [7, 11) is 1.46. The van der Waals surface area contributed by atoms with Crippen LogP contribution in [0.5, 0.6) is 0 Å². The number of hydrogen-bond donors (Lipinski definition) is 0. The summed E-state index contributed by atoms with van der Waals surface area (Å²) >= 11 is 4.67. The number of carbonyl (C=O) groups is 3. The van der Waals surface area contributed by atoms with Gasteiger partial charge in [0.2, 0.25) is 11.8 Å². The zero-order valence-electron chi connectivity index (χ0n) is 8.36. The van der Waals surface area contributed by atoms with E-state index in [9.17, 15) is 9.59 Å². The normalized spacial score (nSPS) is 19.6. The molecule has 1 N–H and O–H groups in total. The molecule has 3 amide bonds. The molecule has 7 heteroatoms. The van der Waals surface area contributed by atoms with Gasteiger partial charge in [0.05, 0.1) is 0 Å². The van der Waals surface area contributed by atoms with Crippen molar-refractivity contribution in [3.63, 3.8) is 0 Å². The quantitative estimate of drug-likeness (QED) is 0.255. The molecule has 5 nitrogen and oxygen atoms in total. The third-order valence-electron chi connectivity index (χ3n) is 1.34. The van der Waals surface area contributed by atoms with Crippen molar-refractivity contribution in [2.45, 2.75) is 18.6 Å². The molecule has 1 fully saturated rings.